The van der Waals surface area contributed by atoms with E-state index in [9.17, 15) is 19.5 Å². The molecular weight excluding hydrogens is 428 g/mol. The topological polar surface area (TPSA) is 111 Å². The quantitative estimate of drug-likeness (QED) is 0.352. The van der Waals surface area contributed by atoms with Gasteiger partial charge in [-0.25, -0.2) is 14.4 Å². The van der Waals surface area contributed by atoms with Crippen LogP contribution in [0, 0.1) is 23.7 Å². The molecule has 2 aliphatic carbocycles. The summed E-state index contributed by atoms with van der Waals surface area (Å²) in [5, 5.41) is 12.6. The lowest BCUT2D eigenvalue weighted by molar-refractivity contribution is -0.414. The van der Waals surface area contributed by atoms with E-state index in [1.807, 2.05) is 27.7 Å². The van der Waals surface area contributed by atoms with Gasteiger partial charge in [0.05, 0.1) is 11.5 Å². The zero-order valence-corrected chi connectivity index (χ0v) is 19.6. The van der Waals surface area contributed by atoms with Gasteiger partial charge in [-0.2, -0.15) is 0 Å². The smallest absolute Gasteiger partial charge is 0.348 e. The summed E-state index contributed by atoms with van der Waals surface area (Å²) in [5.41, 5.74) is -0.600. The first-order chi connectivity index (χ1) is 15.6. The third-order valence-electron chi connectivity index (χ3n) is 7.71. The summed E-state index contributed by atoms with van der Waals surface area (Å²) >= 11 is 0. The first kappa shape index (κ1) is 23.4. The summed E-state index contributed by atoms with van der Waals surface area (Å²) in [6, 6.07) is 0. The van der Waals surface area contributed by atoms with Gasteiger partial charge in [-0.1, -0.05) is 46.6 Å². The van der Waals surface area contributed by atoms with Crippen molar-refractivity contribution in [1.82, 2.24) is 0 Å². The second-order valence-corrected chi connectivity index (χ2v) is 9.82. The number of hydrogen-bond acceptors (Lipinski definition) is 8. The lowest BCUT2D eigenvalue weighted by Gasteiger charge is -2.53. The van der Waals surface area contributed by atoms with E-state index >= 15 is 0 Å². The third kappa shape index (κ3) is 3.83. The minimum atomic E-state index is -1.25. The molecule has 2 heterocycles. The Morgan fingerprint density at radius 2 is 1.15 bits per heavy atom. The first-order valence-electron chi connectivity index (χ1n) is 11.8. The maximum Gasteiger partial charge on any atom is 0.348 e. The van der Waals surface area contributed by atoms with Crippen molar-refractivity contribution in [2.24, 2.45) is 23.7 Å². The molecule has 0 aromatic rings. The molecule has 2 saturated carbocycles. The third-order valence-corrected chi connectivity index (χ3v) is 7.71. The Bertz CT molecular complexity index is 900. The number of esters is 3. The fourth-order valence-corrected chi connectivity index (χ4v) is 5.56. The van der Waals surface area contributed by atoms with E-state index in [-0.39, 0.29) is 34.8 Å². The number of carbonyl (C=O) groups is 3. The summed E-state index contributed by atoms with van der Waals surface area (Å²) in [6.07, 6.45) is 8.77. The van der Waals surface area contributed by atoms with Gasteiger partial charge in [0.25, 0.3) is 5.79 Å². The zero-order chi connectivity index (χ0) is 24.0. The van der Waals surface area contributed by atoms with E-state index in [0.29, 0.717) is 0 Å². The Morgan fingerprint density at radius 3 is 1.61 bits per heavy atom. The van der Waals surface area contributed by atoms with E-state index in [4.69, 9.17) is 18.9 Å². The monoisotopic (exact) mass is 459 g/mol. The normalized spacial score (nSPS) is 39.4. The number of allylic oxidation sites excluding steroid dienone is 2. The van der Waals surface area contributed by atoms with Crippen LogP contribution in [0.15, 0.2) is 35.3 Å². The van der Waals surface area contributed by atoms with E-state index in [0.717, 1.165) is 38.5 Å². The van der Waals surface area contributed by atoms with E-state index in [1.165, 1.54) is 18.2 Å². The molecule has 4 unspecified atom stereocenters. The van der Waals surface area contributed by atoms with Crippen LogP contribution in [0.4, 0.5) is 0 Å². The second kappa shape index (κ2) is 8.54. The van der Waals surface area contributed by atoms with Crippen molar-refractivity contribution in [1.29, 1.82) is 0 Å². The van der Waals surface area contributed by atoms with Crippen molar-refractivity contribution >= 4 is 17.9 Å². The van der Waals surface area contributed by atoms with Gasteiger partial charge in [0.1, 0.15) is 5.57 Å². The highest BCUT2D eigenvalue weighted by Gasteiger charge is 2.55. The van der Waals surface area contributed by atoms with Gasteiger partial charge >= 0.3 is 17.9 Å². The summed E-state index contributed by atoms with van der Waals surface area (Å²) < 4.78 is 22.5. The average Bonchev–Trinajstić information content (AvgIpc) is 2.74. The maximum atomic E-state index is 12.6. The van der Waals surface area contributed by atoms with Gasteiger partial charge in [0.15, 0.2) is 5.79 Å². The standard InChI is InChI=1S/C25H32O8/c1-14-8-5-9-15(2)24(14)30-20(26)18(21(27)31-24)12-7-13-19-22(28)32-25(33-23(19)29)16(3)10-6-11-17(25)4/h7,12-17,26H,5-6,8-11H2,1-4H3/p-1. The summed E-state index contributed by atoms with van der Waals surface area (Å²) in [4.78, 5) is 37.9. The van der Waals surface area contributed by atoms with Gasteiger partial charge in [0.2, 0.25) is 0 Å². The highest BCUT2D eigenvalue weighted by atomic mass is 16.8. The van der Waals surface area contributed by atoms with Gasteiger partial charge in [-0.3, -0.25) is 0 Å². The lowest BCUT2D eigenvalue weighted by atomic mass is 9.76. The summed E-state index contributed by atoms with van der Waals surface area (Å²) in [5.74, 6) is -6.04. The summed E-state index contributed by atoms with van der Waals surface area (Å²) in [6.45, 7) is 7.62. The Morgan fingerprint density at radius 1 is 0.727 bits per heavy atom. The number of rotatable bonds is 2. The molecule has 2 spiro atoms. The fraction of sp³-hybridized carbons (Fsp3) is 0.640. The minimum Gasteiger partial charge on any atom is -0.574 e. The van der Waals surface area contributed by atoms with E-state index < -0.39 is 35.4 Å². The Hall–Kier alpha value is -2.77. The number of carbonyl (C=O) groups excluding carboxylic acids is 3. The van der Waals surface area contributed by atoms with Gasteiger partial charge in [-0.15, -0.1) is 0 Å². The Balaban J connectivity index is 1.52. The Labute approximate surface area is 193 Å². The molecule has 4 aliphatic rings. The highest BCUT2D eigenvalue weighted by molar-refractivity contribution is 6.15. The predicted molar refractivity (Wildman–Crippen MR) is 113 cm³/mol. The van der Waals surface area contributed by atoms with E-state index in [2.05, 4.69) is 0 Å². The van der Waals surface area contributed by atoms with Crippen molar-refractivity contribution in [3.8, 4) is 0 Å². The summed E-state index contributed by atoms with van der Waals surface area (Å²) in [7, 11) is 0. The van der Waals surface area contributed by atoms with Crippen LogP contribution < -0.4 is 5.11 Å². The van der Waals surface area contributed by atoms with Crippen LogP contribution in [-0.4, -0.2) is 29.5 Å². The molecule has 0 amide bonds. The molecule has 0 radical (unpaired) electrons. The van der Waals surface area contributed by atoms with Crippen molar-refractivity contribution in [2.45, 2.75) is 77.8 Å². The van der Waals surface area contributed by atoms with Crippen LogP contribution in [0.2, 0.25) is 0 Å². The van der Waals surface area contributed by atoms with Gasteiger partial charge in [-0.05, 0) is 37.8 Å². The predicted octanol–water partition coefficient (Wildman–Crippen LogP) is 3.02. The molecule has 3 fully saturated rings. The first-order valence-corrected chi connectivity index (χ1v) is 11.8. The average molecular weight is 460 g/mol. The number of ether oxygens (including phenoxy) is 4. The SMILES string of the molecule is CC1CCCC(C)C12OC(=O)C(=CC=CC1=C([O-])OC3(OC1=O)C(C)CCCC3C)C(=O)O2. The van der Waals surface area contributed by atoms with Gasteiger partial charge < -0.3 is 24.1 Å². The van der Waals surface area contributed by atoms with Crippen LogP contribution in [-0.2, 0) is 33.3 Å². The van der Waals surface area contributed by atoms with Crippen LogP contribution in [0.25, 0.3) is 0 Å². The fourth-order valence-electron chi connectivity index (χ4n) is 5.56. The second-order valence-electron chi connectivity index (χ2n) is 9.82. The lowest BCUT2D eigenvalue weighted by Crippen LogP contribution is -2.56. The molecule has 4 rings (SSSR count). The Kier molecular flexibility index (Phi) is 6.05. The number of hydrogen-bond donors (Lipinski definition) is 0. The van der Waals surface area contributed by atoms with Crippen LogP contribution in [0.1, 0.15) is 66.2 Å². The molecule has 4 atom stereocenters. The van der Waals surface area contributed by atoms with Crippen LogP contribution in [0.5, 0.6) is 0 Å². The van der Waals surface area contributed by atoms with Gasteiger partial charge in [0, 0.05) is 23.7 Å². The molecule has 0 bridgehead atoms. The molecule has 180 valence electrons. The maximum absolute atomic E-state index is 12.6. The minimum absolute atomic E-state index is 0.106. The van der Waals surface area contributed by atoms with Crippen molar-refractivity contribution in [3.05, 3.63) is 35.3 Å². The molecule has 0 aromatic heterocycles. The molecule has 33 heavy (non-hydrogen) atoms. The highest BCUT2D eigenvalue weighted by Crippen LogP contribution is 2.46. The molecular formula is C25H31O8-. The molecule has 2 aliphatic heterocycles. The molecule has 0 aromatic carbocycles. The molecule has 1 saturated heterocycles. The van der Waals surface area contributed by atoms with Crippen LogP contribution in [0.3, 0.4) is 0 Å². The largest absolute Gasteiger partial charge is 0.574 e. The van der Waals surface area contributed by atoms with E-state index in [1.54, 1.807) is 0 Å². The van der Waals surface area contributed by atoms with Crippen molar-refractivity contribution < 1.29 is 38.4 Å². The van der Waals surface area contributed by atoms with Crippen molar-refractivity contribution in [2.75, 3.05) is 0 Å². The zero-order valence-electron chi connectivity index (χ0n) is 19.6. The van der Waals surface area contributed by atoms with Crippen LogP contribution >= 0.6 is 0 Å². The molecule has 8 nitrogen and oxygen atoms in total. The van der Waals surface area contributed by atoms with Crippen molar-refractivity contribution in [3.63, 3.8) is 0 Å². The molecule has 8 heteroatoms. The molecule has 0 N–H and O–H groups in total.